The van der Waals surface area contributed by atoms with Gasteiger partial charge in [0.15, 0.2) is 8.32 Å². The minimum atomic E-state index is -1.72. The first kappa shape index (κ1) is 21.9. The van der Waals surface area contributed by atoms with Crippen LogP contribution in [0, 0.1) is 23.7 Å². The van der Waals surface area contributed by atoms with E-state index in [2.05, 4.69) is 67.6 Å². The Morgan fingerprint density at radius 1 is 1.21 bits per heavy atom. The van der Waals surface area contributed by atoms with Gasteiger partial charge in [0.25, 0.3) is 0 Å². The molecule has 1 aliphatic rings. The molecule has 1 aliphatic carbocycles. The van der Waals surface area contributed by atoms with Gasteiger partial charge in [-0.05, 0) is 61.6 Å². The number of rotatable bonds is 6. The molecule has 24 heavy (non-hydrogen) atoms. The molecule has 0 unspecified atom stereocenters. The molecule has 0 aromatic heterocycles. The van der Waals surface area contributed by atoms with E-state index >= 15 is 0 Å². The molecule has 0 saturated heterocycles. The Labute approximate surface area is 152 Å². The summed E-state index contributed by atoms with van der Waals surface area (Å²) < 4.78 is 6.30. The van der Waals surface area contributed by atoms with Crippen molar-refractivity contribution in [3.05, 3.63) is 11.6 Å². The highest BCUT2D eigenvalue weighted by atomic mass is 28.4. The summed E-state index contributed by atoms with van der Waals surface area (Å²) in [7, 11) is -1.72. The molecule has 0 aliphatic heterocycles. The van der Waals surface area contributed by atoms with Crippen molar-refractivity contribution < 1.29 is 9.53 Å². The maximum atomic E-state index is 10.9. The molecule has 0 bridgehead atoms. The van der Waals surface area contributed by atoms with Gasteiger partial charge in [-0.3, -0.25) is 0 Å². The summed E-state index contributed by atoms with van der Waals surface area (Å²) in [6, 6.07) is 0. The number of hydrogen-bond acceptors (Lipinski definition) is 2. The molecule has 0 aromatic carbocycles. The zero-order valence-electron chi connectivity index (χ0n) is 17.6. The van der Waals surface area contributed by atoms with E-state index < -0.39 is 8.32 Å². The maximum Gasteiger partial charge on any atom is 0.192 e. The molecule has 4 atom stereocenters. The second-order valence-corrected chi connectivity index (χ2v) is 14.9. The summed E-state index contributed by atoms with van der Waals surface area (Å²) in [5.41, 5.74) is 1.17. The van der Waals surface area contributed by atoms with Crippen LogP contribution in [0.1, 0.15) is 67.7 Å². The van der Waals surface area contributed by atoms with E-state index in [1.165, 1.54) is 18.4 Å². The average molecular weight is 355 g/mol. The Kier molecular flexibility index (Phi) is 7.77. The van der Waals surface area contributed by atoms with Gasteiger partial charge in [0.2, 0.25) is 0 Å². The van der Waals surface area contributed by atoms with E-state index in [0.29, 0.717) is 24.4 Å². The van der Waals surface area contributed by atoms with Crippen LogP contribution in [0.3, 0.4) is 0 Å². The molecule has 0 radical (unpaired) electrons. The molecule has 0 heterocycles. The van der Waals surface area contributed by atoms with E-state index in [1.54, 1.807) is 0 Å². The van der Waals surface area contributed by atoms with Crippen molar-refractivity contribution in [3.63, 3.8) is 0 Å². The van der Waals surface area contributed by atoms with Crippen LogP contribution in [0.4, 0.5) is 0 Å². The highest BCUT2D eigenvalue weighted by molar-refractivity contribution is 6.74. The summed E-state index contributed by atoms with van der Waals surface area (Å²) in [5, 5.41) is 11.1. The molecule has 142 valence electrons. The molecule has 0 spiro atoms. The fourth-order valence-corrected chi connectivity index (χ4v) is 4.66. The first-order chi connectivity index (χ1) is 10.8. The first-order valence-electron chi connectivity index (χ1n) is 9.84. The third-order valence-corrected chi connectivity index (χ3v) is 10.9. The van der Waals surface area contributed by atoms with Gasteiger partial charge in [-0.1, -0.05) is 59.6 Å². The molecule has 2 nitrogen and oxygen atoms in total. The standard InChI is InChI=1S/C21H42O2Si/c1-15(2)18-11-10-16(3)12-19(18)20(22)13-17(4)14-23-24(8,9)21(5,6)7/h13,15-16,18-20,22H,10-12,14H2,1-9H3/b17-13+/t16-,18+,19-,20-/m1/s1. The lowest BCUT2D eigenvalue weighted by Gasteiger charge is -2.39. The highest BCUT2D eigenvalue weighted by Gasteiger charge is 2.37. The molecular weight excluding hydrogens is 312 g/mol. The van der Waals surface area contributed by atoms with Gasteiger partial charge in [-0.2, -0.15) is 0 Å². The molecule has 3 heteroatoms. The van der Waals surface area contributed by atoms with Crippen LogP contribution >= 0.6 is 0 Å². The van der Waals surface area contributed by atoms with E-state index in [1.807, 2.05) is 0 Å². The predicted molar refractivity (Wildman–Crippen MR) is 108 cm³/mol. The Balaban J connectivity index is 2.72. The van der Waals surface area contributed by atoms with Crippen LogP contribution in [0.15, 0.2) is 11.6 Å². The SMILES string of the molecule is C/C(=C\[C@@H](O)[C@@H]1C[C@H](C)CC[C@H]1C(C)C)CO[Si](C)(C)C(C)(C)C. The van der Waals surface area contributed by atoms with Crippen molar-refractivity contribution in [1.82, 2.24) is 0 Å². The summed E-state index contributed by atoms with van der Waals surface area (Å²) >= 11 is 0. The normalized spacial score (nSPS) is 28.3. The van der Waals surface area contributed by atoms with Gasteiger partial charge in [0, 0.05) is 0 Å². The fourth-order valence-electron chi connectivity index (χ4n) is 3.64. The van der Waals surface area contributed by atoms with Crippen molar-refractivity contribution in [2.24, 2.45) is 23.7 Å². The van der Waals surface area contributed by atoms with Crippen molar-refractivity contribution in [1.29, 1.82) is 0 Å². The van der Waals surface area contributed by atoms with E-state index in [4.69, 9.17) is 4.43 Å². The van der Waals surface area contributed by atoms with Crippen LogP contribution in [0.5, 0.6) is 0 Å². The Bertz CT molecular complexity index is 420. The molecule has 1 rings (SSSR count). The van der Waals surface area contributed by atoms with Gasteiger partial charge in [0.05, 0.1) is 12.7 Å². The number of hydrogen-bond donors (Lipinski definition) is 1. The van der Waals surface area contributed by atoms with Gasteiger partial charge >= 0.3 is 0 Å². The third-order valence-electron chi connectivity index (χ3n) is 6.43. The highest BCUT2D eigenvalue weighted by Crippen LogP contribution is 2.40. The molecule has 0 amide bonds. The summed E-state index contributed by atoms with van der Waals surface area (Å²) in [6.45, 7) is 21.1. The fraction of sp³-hybridized carbons (Fsp3) is 0.905. The lowest BCUT2D eigenvalue weighted by atomic mass is 9.68. The topological polar surface area (TPSA) is 29.5 Å². The van der Waals surface area contributed by atoms with Crippen molar-refractivity contribution in [3.8, 4) is 0 Å². The summed E-state index contributed by atoms with van der Waals surface area (Å²) in [6.07, 6.45) is 5.46. The van der Waals surface area contributed by atoms with Gasteiger partial charge in [-0.15, -0.1) is 0 Å². The van der Waals surface area contributed by atoms with Crippen LogP contribution in [0.2, 0.25) is 18.1 Å². The second kappa shape index (κ2) is 8.51. The van der Waals surface area contributed by atoms with E-state index in [-0.39, 0.29) is 11.1 Å². The smallest absolute Gasteiger partial charge is 0.192 e. The summed E-state index contributed by atoms with van der Waals surface area (Å²) in [5.74, 6) is 2.42. The quantitative estimate of drug-likeness (QED) is 0.466. The van der Waals surface area contributed by atoms with Gasteiger partial charge < -0.3 is 9.53 Å². The minimum absolute atomic E-state index is 0.230. The van der Waals surface area contributed by atoms with Crippen molar-refractivity contribution >= 4 is 8.32 Å². The van der Waals surface area contributed by atoms with Crippen LogP contribution < -0.4 is 0 Å². The molecule has 0 aromatic rings. The van der Waals surface area contributed by atoms with Crippen molar-refractivity contribution in [2.75, 3.05) is 6.61 Å². The Morgan fingerprint density at radius 2 is 1.79 bits per heavy atom. The second-order valence-electron chi connectivity index (χ2n) is 10.0. The van der Waals surface area contributed by atoms with Crippen LogP contribution in [-0.2, 0) is 4.43 Å². The molecule has 1 N–H and O–H groups in total. The van der Waals surface area contributed by atoms with E-state index in [9.17, 15) is 5.11 Å². The largest absolute Gasteiger partial charge is 0.413 e. The zero-order chi connectivity index (χ0) is 18.7. The average Bonchev–Trinajstić information content (AvgIpc) is 2.43. The van der Waals surface area contributed by atoms with Crippen molar-refractivity contribution in [2.45, 2.75) is 92.0 Å². The van der Waals surface area contributed by atoms with Crippen LogP contribution in [0.25, 0.3) is 0 Å². The Hall–Kier alpha value is -0.123. The lowest BCUT2D eigenvalue weighted by Crippen LogP contribution is -2.41. The Morgan fingerprint density at radius 3 is 2.29 bits per heavy atom. The third kappa shape index (κ3) is 6.00. The maximum absolute atomic E-state index is 10.9. The first-order valence-corrected chi connectivity index (χ1v) is 12.7. The summed E-state index contributed by atoms with van der Waals surface area (Å²) in [4.78, 5) is 0. The number of aliphatic hydroxyl groups is 1. The van der Waals surface area contributed by atoms with Gasteiger partial charge in [0.1, 0.15) is 0 Å². The molecule has 1 saturated carbocycles. The predicted octanol–water partition coefficient (Wildman–Crippen LogP) is 6.02. The molecular formula is C21H42O2Si. The van der Waals surface area contributed by atoms with E-state index in [0.717, 1.165) is 12.3 Å². The van der Waals surface area contributed by atoms with Crippen LogP contribution in [-0.4, -0.2) is 26.1 Å². The minimum Gasteiger partial charge on any atom is -0.413 e. The monoisotopic (exact) mass is 354 g/mol. The lowest BCUT2D eigenvalue weighted by molar-refractivity contribution is 0.0420. The van der Waals surface area contributed by atoms with Gasteiger partial charge in [-0.25, -0.2) is 0 Å². The molecule has 1 fully saturated rings. The zero-order valence-corrected chi connectivity index (χ0v) is 18.6. The number of aliphatic hydroxyl groups excluding tert-OH is 1.